The summed E-state index contributed by atoms with van der Waals surface area (Å²) in [7, 11) is 0. The van der Waals surface area contributed by atoms with Crippen LogP contribution in [0.2, 0.25) is 0 Å². The van der Waals surface area contributed by atoms with Gasteiger partial charge in [-0.25, -0.2) is 9.78 Å². The lowest BCUT2D eigenvalue weighted by molar-refractivity contribution is 0.0696. The molecule has 0 aliphatic rings. The molecule has 0 bridgehead atoms. The molecule has 102 valence electrons. The molecule has 6 nitrogen and oxygen atoms in total. The zero-order valence-corrected chi connectivity index (χ0v) is 11.6. The summed E-state index contributed by atoms with van der Waals surface area (Å²) in [5, 5.41) is 20.9. The molecule has 0 saturated carbocycles. The smallest absolute Gasteiger partial charge is 0.335 e. The number of phenolic OH excluding ortho intramolecular Hbond substituents is 1. The van der Waals surface area contributed by atoms with Gasteiger partial charge >= 0.3 is 5.97 Å². The third-order valence-corrected chi connectivity index (χ3v) is 2.88. The fourth-order valence-electron chi connectivity index (χ4n) is 1.49. The van der Waals surface area contributed by atoms with Crippen molar-refractivity contribution < 1.29 is 19.8 Å². The van der Waals surface area contributed by atoms with E-state index in [0.29, 0.717) is 4.60 Å². The van der Waals surface area contributed by atoms with Crippen LogP contribution in [0.1, 0.15) is 20.8 Å². The normalized spacial score (nSPS) is 10.1. The van der Waals surface area contributed by atoms with E-state index in [9.17, 15) is 14.7 Å². The van der Waals surface area contributed by atoms with E-state index in [1.807, 2.05) is 0 Å². The molecule has 2 rings (SSSR count). The summed E-state index contributed by atoms with van der Waals surface area (Å²) >= 11 is 3.14. The van der Waals surface area contributed by atoms with Crippen molar-refractivity contribution in [1.29, 1.82) is 0 Å². The highest BCUT2D eigenvalue weighted by Gasteiger charge is 2.13. The molecule has 1 amide bonds. The van der Waals surface area contributed by atoms with Gasteiger partial charge in [0.05, 0.1) is 11.3 Å². The van der Waals surface area contributed by atoms with Gasteiger partial charge in [0.15, 0.2) is 0 Å². The van der Waals surface area contributed by atoms with Gasteiger partial charge in [0.1, 0.15) is 16.0 Å². The zero-order chi connectivity index (χ0) is 14.7. The van der Waals surface area contributed by atoms with Crippen LogP contribution in [0.25, 0.3) is 0 Å². The Morgan fingerprint density at radius 2 is 1.95 bits per heavy atom. The number of aromatic hydroxyl groups is 1. The van der Waals surface area contributed by atoms with Crippen molar-refractivity contribution in [3.8, 4) is 5.75 Å². The number of rotatable bonds is 3. The van der Waals surface area contributed by atoms with Gasteiger partial charge in [0.25, 0.3) is 5.91 Å². The summed E-state index contributed by atoms with van der Waals surface area (Å²) in [6.07, 6.45) is 0. The fourth-order valence-corrected chi connectivity index (χ4v) is 1.83. The minimum atomic E-state index is -1.15. The highest BCUT2D eigenvalue weighted by atomic mass is 79.9. The number of phenols is 1. The van der Waals surface area contributed by atoms with Crippen molar-refractivity contribution in [3.05, 3.63) is 52.3 Å². The lowest BCUT2D eigenvalue weighted by Gasteiger charge is -2.08. The van der Waals surface area contributed by atoms with Gasteiger partial charge in [0.2, 0.25) is 0 Å². The average Bonchev–Trinajstić information content (AvgIpc) is 2.41. The van der Waals surface area contributed by atoms with Crippen LogP contribution in [0.5, 0.6) is 5.75 Å². The van der Waals surface area contributed by atoms with Gasteiger partial charge in [-0.2, -0.15) is 0 Å². The molecule has 1 heterocycles. The Kier molecular flexibility index (Phi) is 3.99. The molecular formula is C13H9BrN2O4. The van der Waals surface area contributed by atoms with Crippen LogP contribution in [0.15, 0.2) is 41.0 Å². The van der Waals surface area contributed by atoms with Crippen molar-refractivity contribution in [3.63, 3.8) is 0 Å². The lowest BCUT2D eigenvalue weighted by Crippen LogP contribution is -2.14. The number of nitrogens with one attached hydrogen (secondary N) is 1. The Hall–Kier alpha value is -2.41. The first kappa shape index (κ1) is 14.0. The molecule has 0 aliphatic carbocycles. The van der Waals surface area contributed by atoms with Gasteiger partial charge in [-0.15, -0.1) is 0 Å². The summed E-state index contributed by atoms with van der Waals surface area (Å²) in [5.74, 6) is -1.93. The van der Waals surface area contributed by atoms with Crippen molar-refractivity contribution in [2.45, 2.75) is 0 Å². The summed E-state index contributed by atoms with van der Waals surface area (Å²) in [4.78, 5) is 26.8. The summed E-state index contributed by atoms with van der Waals surface area (Å²) in [6.45, 7) is 0. The molecule has 2 aromatic rings. The summed E-state index contributed by atoms with van der Waals surface area (Å²) < 4.78 is 0.494. The van der Waals surface area contributed by atoms with Gasteiger partial charge in [0, 0.05) is 0 Å². The molecule has 0 unspecified atom stereocenters. The second kappa shape index (κ2) is 5.70. The molecule has 0 radical (unpaired) electrons. The Morgan fingerprint density at radius 1 is 1.20 bits per heavy atom. The molecule has 3 N–H and O–H groups in total. The molecule has 0 fully saturated rings. The molecule has 0 saturated heterocycles. The van der Waals surface area contributed by atoms with Gasteiger partial charge < -0.3 is 15.5 Å². The molecule has 20 heavy (non-hydrogen) atoms. The number of aromatic carboxylic acids is 1. The third kappa shape index (κ3) is 3.12. The fraction of sp³-hybridized carbons (Fsp3) is 0. The predicted molar refractivity (Wildman–Crippen MR) is 75.0 cm³/mol. The third-order valence-electron chi connectivity index (χ3n) is 2.44. The van der Waals surface area contributed by atoms with Crippen LogP contribution in [0.3, 0.4) is 0 Å². The van der Waals surface area contributed by atoms with E-state index in [1.165, 1.54) is 24.3 Å². The van der Waals surface area contributed by atoms with E-state index in [-0.39, 0.29) is 22.7 Å². The monoisotopic (exact) mass is 336 g/mol. The van der Waals surface area contributed by atoms with E-state index >= 15 is 0 Å². The van der Waals surface area contributed by atoms with Crippen LogP contribution in [0.4, 0.5) is 5.69 Å². The minimum absolute atomic E-state index is 0.0108. The second-order valence-electron chi connectivity index (χ2n) is 3.84. The van der Waals surface area contributed by atoms with Crippen molar-refractivity contribution >= 4 is 33.5 Å². The number of carbonyl (C=O) groups is 2. The molecule has 1 aromatic carbocycles. The molecule has 1 aromatic heterocycles. The Bertz CT molecular complexity index is 688. The number of nitrogens with zero attached hydrogens (tertiary/aromatic N) is 1. The van der Waals surface area contributed by atoms with Crippen LogP contribution < -0.4 is 5.32 Å². The number of carboxylic acid groups (broad SMARTS) is 1. The first-order chi connectivity index (χ1) is 9.47. The molecule has 0 aliphatic heterocycles. The number of hydrogen-bond donors (Lipinski definition) is 3. The second-order valence-corrected chi connectivity index (χ2v) is 4.65. The van der Waals surface area contributed by atoms with E-state index in [0.717, 1.165) is 0 Å². The maximum absolute atomic E-state index is 11.9. The SMILES string of the molecule is O=C(O)c1ccc(O)c(NC(=O)c2cccc(Br)n2)c1. The predicted octanol–water partition coefficient (Wildman–Crippen LogP) is 2.50. The van der Waals surface area contributed by atoms with Crippen LogP contribution in [-0.2, 0) is 0 Å². The average molecular weight is 337 g/mol. The van der Waals surface area contributed by atoms with E-state index < -0.39 is 11.9 Å². The van der Waals surface area contributed by atoms with E-state index in [4.69, 9.17) is 5.11 Å². The van der Waals surface area contributed by atoms with Crippen molar-refractivity contribution in [1.82, 2.24) is 4.98 Å². The van der Waals surface area contributed by atoms with Crippen molar-refractivity contribution in [2.24, 2.45) is 0 Å². The Morgan fingerprint density at radius 3 is 2.60 bits per heavy atom. The summed E-state index contributed by atoms with van der Waals surface area (Å²) in [6, 6.07) is 8.42. The standard InChI is InChI=1S/C13H9BrN2O4/c14-11-3-1-2-8(15-11)12(18)16-9-6-7(13(19)20)4-5-10(9)17/h1-6,17H,(H,16,18)(H,19,20). The van der Waals surface area contributed by atoms with Crippen LogP contribution in [-0.4, -0.2) is 27.1 Å². The zero-order valence-electron chi connectivity index (χ0n) is 10.0. The van der Waals surface area contributed by atoms with Gasteiger partial charge in [-0.1, -0.05) is 6.07 Å². The summed E-state index contributed by atoms with van der Waals surface area (Å²) in [5.41, 5.74) is 0.108. The number of benzene rings is 1. The number of carbonyl (C=O) groups excluding carboxylic acids is 1. The maximum atomic E-state index is 11.9. The number of amides is 1. The molecule has 0 atom stereocenters. The van der Waals surface area contributed by atoms with Crippen LogP contribution in [0, 0.1) is 0 Å². The van der Waals surface area contributed by atoms with Crippen molar-refractivity contribution in [2.75, 3.05) is 5.32 Å². The number of anilines is 1. The number of halogens is 1. The number of pyridine rings is 1. The van der Waals surface area contributed by atoms with E-state index in [2.05, 4.69) is 26.2 Å². The minimum Gasteiger partial charge on any atom is -0.506 e. The van der Waals surface area contributed by atoms with E-state index in [1.54, 1.807) is 12.1 Å². The first-order valence-corrected chi connectivity index (χ1v) is 6.27. The quantitative estimate of drug-likeness (QED) is 0.590. The molecule has 0 spiro atoms. The van der Waals surface area contributed by atoms with Crippen LogP contribution >= 0.6 is 15.9 Å². The van der Waals surface area contributed by atoms with Gasteiger partial charge in [-0.3, -0.25) is 4.79 Å². The van der Waals surface area contributed by atoms with Gasteiger partial charge in [-0.05, 0) is 46.3 Å². The largest absolute Gasteiger partial charge is 0.506 e. The molecule has 7 heteroatoms. The molecular weight excluding hydrogens is 328 g/mol. The lowest BCUT2D eigenvalue weighted by atomic mass is 10.2. The highest BCUT2D eigenvalue weighted by molar-refractivity contribution is 9.10. The number of carboxylic acids is 1. The maximum Gasteiger partial charge on any atom is 0.335 e. The highest BCUT2D eigenvalue weighted by Crippen LogP contribution is 2.24. The number of aromatic nitrogens is 1. The Balaban J connectivity index is 2.27. The first-order valence-electron chi connectivity index (χ1n) is 5.47. The number of hydrogen-bond acceptors (Lipinski definition) is 4. The Labute approximate surface area is 122 Å². The topological polar surface area (TPSA) is 99.5 Å².